The van der Waals surface area contributed by atoms with Gasteiger partial charge in [0.15, 0.2) is 0 Å². The van der Waals surface area contributed by atoms with Gasteiger partial charge in [-0.2, -0.15) is 0 Å². The second-order valence-electron chi connectivity index (χ2n) is 0.250. The molecular formula is CHNaO4Zr+2. The number of carboxylic acid groups (broad SMARTS) is 2. The minimum Gasteiger partial charge on any atom is -0.870 e. The molecule has 0 radical (unpaired) electrons. The van der Waals surface area contributed by atoms with Gasteiger partial charge in [0, 0.05) is 0 Å². The van der Waals surface area contributed by atoms with Crippen molar-refractivity contribution >= 4 is 6.16 Å². The normalized spacial score (nSPS) is 3.43. The van der Waals surface area contributed by atoms with E-state index in [1.807, 2.05) is 0 Å². The number of rotatable bonds is 0. The molecule has 0 aromatic rings. The number of hydrogen-bond acceptors (Lipinski definition) is 4. The molecule has 0 spiro atoms. The first-order valence-electron chi connectivity index (χ1n) is 0.612. The van der Waals surface area contributed by atoms with Crippen LogP contribution < -0.4 is 39.8 Å². The fourth-order valence-corrected chi connectivity index (χ4v) is 0. The van der Waals surface area contributed by atoms with Crippen molar-refractivity contribution < 1.29 is 76.2 Å². The van der Waals surface area contributed by atoms with Gasteiger partial charge in [0.05, 0.1) is 0 Å². The van der Waals surface area contributed by atoms with Crippen LogP contribution in [-0.2, 0) is 26.2 Å². The Balaban J connectivity index is -0.0000000150. The van der Waals surface area contributed by atoms with Crippen LogP contribution in [0.15, 0.2) is 0 Å². The van der Waals surface area contributed by atoms with E-state index in [1.165, 1.54) is 0 Å². The van der Waals surface area contributed by atoms with Gasteiger partial charge in [0.2, 0.25) is 0 Å². The standard InChI is InChI=1S/CH2O3.Na.H2O.Zr/c2-1(3)4;;;/h(H2,2,3,4);;1H2;/q;+1;;+4/p-3. The van der Waals surface area contributed by atoms with Crippen LogP contribution in [0.25, 0.3) is 0 Å². The molecular weight excluding hydrogens is 190 g/mol. The zero-order valence-electron chi connectivity index (χ0n) is 3.67. The van der Waals surface area contributed by atoms with Crippen molar-refractivity contribution in [1.82, 2.24) is 0 Å². The van der Waals surface area contributed by atoms with E-state index in [-0.39, 0.29) is 61.2 Å². The van der Waals surface area contributed by atoms with E-state index in [4.69, 9.17) is 15.0 Å². The predicted molar refractivity (Wildman–Crippen MR) is 7.33 cm³/mol. The minimum absolute atomic E-state index is 0. The van der Waals surface area contributed by atoms with Crippen LogP contribution in [0.4, 0.5) is 4.79 Å². The number of hydrogen-bond donors (Lipinski definition) is 0. The van der Waals surface area contributed by atoms with Crippen LogP contribution >= 0.6 is 0 Å². The van der Waals surface area contributed by atoms with Gasteiger partial charge >= 0.3 is 55.8 Å². The summed E-state index contributed by atoms with van der Waals surface area (Å²) >= 11 is 0. The third-order valence-electron chi connectivity index (χ3n) is 0. The van der Waals surface area contributed by atoms with Crippen molar-refractivity contribution in [3.63, 3.8) is 0 Å². The summed E-state index contributed by atoms with van der Waals surface area (Å²) in [6.07, 6.45) is -2.33. The molecule has 1 N–H and O–H groups in total. The maximum absolute atomic E-state index is 8.33. The van der Waals surface area contributed by atoms with E-state index < -0.39 is 6.16 Å². The third-order valence-corrected chi connectivity index (χ3v) is 0. The van der Waals surface area contributed by atoms with Crippen LogP contribution in [0.5, 0.6) is 0 Å². The Kier molecular flexibility index (Phi) is 54.5. The first kappa shape index (κ1) is 24.3. The summed E-state index contributed by atoms with van der Waals surface area (Å²) in [5.41, 5.74) is 0. The van der Waals surface area contributed by atoms with Gasteiger partial charge in [0.1, 0.15) is 0 Å². The predicted octanol–water partition coefficient (Wildman–Crippen LogP) is -5.62. The molecule has 0 bridgehead atoms. The number of carbonyl (C=O) groups excluding carboxylic acids is 1. The van der Waals surface area contributed by atoms with Gasteiger partial charge in [-0.3, -0.25) is 0 Å². The van der Waals surface area contributed by atoms with Crippen molar-refractivity contribution in [2.75, 3.05) is 0 Å². The SMILES string of the molecule is O=C([O-])[O-].[Na+].[OH-].[Zr+4]. The van der Waals surface area contributed by atoms with E-state index >= 15 is 0 Å². The van der Waals surface area contributed by atoms with Crippen molar-refractivity contribution in [2.45, 2.75) is 0 Å². The van der Waals surface area contributed by atoms with Crippen molar-refractivity contribution in [3.8, 4) is 0 Å². The Labute approximate surface area is 81.6 Å². The maximum Gasteiger partial charge on any atom is 4.00 e. The van der Waals surface area contributed by atoms with Crippen molar-refractivity contribution in [1.29, 1.82) is 0 Å². The molecule has 6 heteroatoms. The molecule has 0 aliphatic carbocycles. The first-order valence-corrected chi connectivity index (χ1v) is 0.612. The summed E-state index contributed by atoms with van der Waals surface area (Å²) in [6.45, 7) is 0. The van der Waals surface area contributed by atoms with Gasteiger partial charge < -0.3 is 20.5 Å². The van der Waals surface area contributed by atoms with Gasteiger partial charge in [0.25, 0.3) is 0 Å². The summed E-state index contributed by atoms with van der Waals surface area (Å²) in [4.78, 5) is 8.33. The van der Waals surface area contributed by atoms with Crippen molar-refractivity contribution in [2.24, 2.45) is 0 Å². The maximum atomic E-state index is 8.33. The van der Waals surface area contributed by atoms with Gasteiger partial charge in [-0.1, -0.05) is 0 Å². The summed E-state index contributed by atoms with van der Waals surface area (Å²) in [6, 6.07) is 0. The average molecular weight is 191 g/mol. The Morgan fingerprint density at radius 2 is 1.29 bits per heavy atom. The van der Waals surface area contributed by atoms with E-state index in [1.54, 1.807) is 0 Å². The Morgan fingerprint density at radius 3 is 1.29 bits per heavy atom. The van der Waals surface area contributed by atoms with E-state index in [9.17, 15) is 0 Å². The van der Waals surface area contributed by atoms with Crippen molar-refractivity contribution in [3.05, 3.63) is 0 Å². The van der Waals surface area contributed by atoms with E-state index in [0.717, 1.165) is 0 Å². The smallest absolute Gasteiger partial charge is 0.870 e. The summed E-state index contributed by atoms with van der Waals surface area (Å²) < 4.78 is 0. The molecule has 32 valence electrons. The molecule has 0 aromatic carbocycles. The summed E-state index contributed by atoms with van der Waals surface area (Å²) in [5.74, 6) is 0. The minimum atomic E-state index is -2.33. The fourth-order valence-electron chi connectivity index (χ4n) is 0. The van der Waals surface area contributed by atoms with Gasteiger partial charge in [-0.15, -0.1) is 0 Å². The molecule has 0 amide bonds. The van der Waals surface area contributed by atoms with E-state index in [0.29, 0.717) is 0 Å². The molecule has 7 heavy (non-hydrogen) atoms. The van der Waals surface area contributed by atoms with Crippen LogP contribution in [0, 0.1) is 0 Å². The molecule has 0 unspecified atom stereocenters. The van der Waals surface area contributed by atoms with Gasteiger partial charge in [-0.05, 0) is 6.16 Å². The third kappa shape index (κ3) is 150. The van der Waals surface area contributed by atoms with E-state index in [2.05, 4.69) is 0 Å². The largest absolute Gasteiger partial charge is 4.00 e. The van der Waals surface area contributed by atoms with Crippen LogP contribution in [0.2, 0.25) is 0 Å². The molecule has 0 atom stereocenters. The zero-order chi connectivity index (χ0) is 3.58. The second kappa shape index (κ2) is 15.7. The molecule has 0 aliphatic rings. The summed E-state index contributed by atoms with van der Waals surface area (Å²) in [7, 11) is 0. The molecule has 0 rings (SSSR count). The molecule has 0 heterocycles. The quantitative estimate of drug-likeness (QED) is 0.357. The first-order chi connectivity index (χ1) is 1.73. The molecule has 0 saturated carbocycles. The fraction of sp³-hybridized carbons (Fsp3) is 0. The molecule has 0 saturated heterocycles. The topological polar surface area (TPSA) is 93.2 Å². The van der Waals surface area contributed by atoms with Crippen LogP contribution in [0.3, 0.4) is 0 Å². The van der Waals surface area contributed by atoms with Crippen LogP contribution in [-0.4, -0.2) is 11.6 Å². The Morgan fingerprint density at radius 1 is 1.29 bits per heavy atom. The monoisotopic (exact) mass is 190 g/mol. The second-order valence-corrected chi connectivity index (χ2v) is 0.250. The molecule has 0 aromatic heterocycles. The molecule has 0 aliphatic heterocycles. The Hall–Kier alpha value is 1.11. The average Bonchev–Trinajstić information content (AvgIpc) is 0.811. The number of carbonyl (C=O) groups is 1. The molecule has 4 nitrogen and oxygen atoms in total. The summed E-state index contributed by atoms with van der Waals surface area (Å²) in [5, 5.41) is 16.7. The zero-order valence-corrected chi connectivity index (χ0v) is 8.13. The van der Waals surface area contributed by atoms with Gasteiger partial charge in [-0.25, -0.2) is 0 Å². The molecule has 0 fully saturated rings. The van der Waals surface area contributed by atoms with Crippen LogP contribution in [0.1, 0.15) is 0 Å². The Bertz CT molecular complexity index is 34.7.